The maximum atomic E-state index is 10.9. The van der Waals surface area contributed by atoms with Gasteiger partial charge in [-0.3, -0.25) is 0 Å². The molecule has 0 radical (unpaired) electrons. The maximum Gasteiger partial charge on any atom is 0.332 e. The highest BCUT2D eigenvalue weighted by Gasteiger charge is 2.00. The van der Waals surface area contributed by atoms with Gasteiger partial charge in [-0.1, -0.05) is 0 Å². The van der Waals surface area contributed by atoms with E-state index < -0.39 is 0 Å². The molecule has 6 heteroatoms. The fourth-order valence-electron chi connectivity index (χ4n) is 1.33. The predicted molar refractivity (Wildman–Crippen MR) is 72.3 cm³/mol. The van der Waals surface area contributed by atoms with Crippen molar-refractivity contribution < 1.29 is 23.7 Å². The number of carbonyl (C=O) groups is 1. The monoisotopic (exact) mass is 277 g/mol. The fraction of sp³-hybridized carbons (Fsp3) is 0.923. The number of methoxy groups -OCH3 is 1. The molecular weight excluding hydrogens is 250 g/mol. The molecule has 6 nitrogen and oxygen atoms in total. The molecule has 0 amide bonds. The fourth-order valence-corrected chi connectivity index (χ4v) is 1.33. The first kappa shape index (κ1) is 18.3. The van der Waals surface area contributed by atoms with Gasteiger partial charge in [-0.2, -0.15) is 0 Å². The highest BCUT2D eigenvalue weighted by molar-refractivity contribution is 5.70. The van der Waals surface area contributed by atoms with Crippen LogP contribution in [-0.2, 0) is 23.7 Å². The lowest BCUT2D eigenvalue weighted by Crippen LogP contribution is -2.23. The number of hydrogen-bond donors (Lipinski definition) is 1. The van der Waals surface area contributed by atoms with Crippen LogP contribution in [0.1, 0.15) is 19.8 Å². The zero-order valence-electron chi connectivity index (χ0n) is 12.1. The Morgan fingerprint density at radius 3 is 2.58 bits per heavy atom. The second kappa shape index (κ2) is 15.4. The molecule has 114 valence electrons. The summed E-state index contributed by atoms with van der Waals surface area (Å²) < 4.78 is 20.1. The van der Waals surface area contributed by atoms with E-state index in [2.05, 4.69) is 5.32 Å². The molecule has 0 saturated heterocycles. The Labute approximate surface area is 115 Å². The third kappa shape index (κ3) is 15.3. The summed E-state index contributed by atoms with van der Waals surface area (Å²) in [6, 6.07) is 0. The summed E-state index contributed by atoms with van der Waals surface area (Å²) in [7, 11) is 1.66. The molecule has 0 aromatic rings. The van der Waals surface area contributed by atoms with Crippen molar-refractivity contribution in [3.05, 3.63) is 0 Å². The lowest BCUT2D eigenvalue weighted by molar-refractivity contribution is -0.148. The summed E-state index contributed by atoms with van der Waals surface area (Å²) in [6.45, 7) is 6.46. The molecule has 0 spiro atoms. The summed E-state index contributed by atoms with van der Waals surface area (Å²) in [5.74, 6) is -0.310. The minimum Gasteiger partial charge on any atom is -0.464 e. The molecule has 0 fully saturated rings. The number of unbranched alkanes of at least 4 members (excludes halogenated alkanes) is 1. The third-order valence-electron chi connectivity index (χ3n) is 2.27. The average Bonchev–Trinajstić information content (AvgIpc) is 2.40. The van der Waals surface area contributed by atoms with E-state index in [4.69, 9.17) is 18.9 Å². The molecule has 0 aromatic heterocycles. The van der Waals surface area contributed by atoms with Gasteiger partial charge in [0.1, 0.15) is 6.61 Å². The zero-order chi connectivity index (χ0) is 14.2. The highest BCUT2D eigenvalue weighted by atomic mass is 16.6. The van der Waals surface area contributed by atoms with Gasteiger partial charge in [0.2, 0.25) is 0 Å². The van der Waals surface area contributed by atoms with Crippen molar-refractivity contribution in [3.8, 4) is 0 Å². The summed E-state index contributed by atoms with van der Waals surface area (Å²) in [5.41, 5.74) is 0. The minimum absolute atomic E-state index is 0.0306. The second-order valence-electron chi connectivity index (χ2n) is 3.92. The van der Waals surface area contributed by atoms with Gasteiger partial charge >= 0.3 is 5.97 Å². The molecule has 0 rings (SSSR count). The molecule has 0 aromatic carbocycles. The van der Waals surface area contributed by atoms with Crippen molar-refractivity contribution in [2.24, 2.45) is 0 Å². The Morgan fingerprint density at radius 1 is 1.00 bits per heavy atom. The Kier molecular flexibility index (Phi) is 14.8. The Balaban J connectivity index is 3.01. The predicted octanol–water partition coefficient (Wildman–Crippen LogP) is 0.599. The quantitative estimate of drug-likeness (QED) is 0.370. The first-order valence-corrected chi connectivity index (χ1v) is 6.82. The largest absolute Gasteiger partial charge is 0.464 e. The van der Waals surface area contributed by atoms with Crippen molar-refractivity contribution in [1.82, 2.24) is 5.32 Å². The normalized spacial score (nSPS) is 10.6. The van der Waals surface area contributed by atoms with Crippen LogP contribution in [0.3, 0.4) is 0 Å². The molecule has 0 aliphatic rings. The molecule has 19 heavy (non-hydrogen) atoms. The Hall–Kier alpha value is -0.690. The van der Waals surface area contributed by atoms with Crippen LogP contribution in [0.2, 0.25) is 0 Å². The number of hydrogen-bond acceptors (Lipinski definition) is 6. The third-order valence-corrected chi connectivity index (χ3v) is 2.27. The van der Waals surface area contributed by atoms with E-state index in [1.54, 1.807) is 14.0 Å². The Morgan fingerprint density at radius 2 is 1.84 bits per heavy atom. The topological polar surface area (TPSA) is 66.0 Å². The summed E-state index contributed by atoms with van der Waals surface area (Å²) >= 11 is 0. The number of esters is 1. The molecular formula is C13H27NO5. The standard InChI is InChI=1S/C13H27NO5/c1-3-19-13(15)12-18-9-7-14-6-4-5-8-17-11-10-16-2/h14H,3-12H2,1-2H3. The van der Waals surface area contributed by atoms with Gasteiger partial charge in [0.25, 0.3) is 0 Å². The summed E-state index contributed by atoms with van der Waals surface area (Å²) in [4.78, 5) is 10.9. The van der Waals surface area contributed by atoms with Crippen LogP contribution >= 0.6 is 0 Å². The average molecular weight is 277 g/mol. The zero-order valence-corrected chi connectivity index (χ0v) is 12.1. The van der Waals surface area contributed by atoms with Crippen molar-refractivity contribution in [2.75, 3.05) is 59.8 Å². The Bertz CT molecular complexity index is 201. The van der Waals surface area contributed by atoms with Crippen LogP contribution in [0.15, 0.2) is 0 Å². The molecule has 0 saturated carbocycles. The number of rotatable bonds is 14. The van der Waals surface area contributed by atoms with E-state index in [1.807, 2.05) is 0 Å². The summed E-state index contributed by atoms with van der Waals surface area (Å²) in [6.07, 6.45) is 2.09. The molecule has 0 unspecified atom stereocenters. The van der Waals surface area contributed by atoms with Gasteiger partial charge in [-0.15, -0.1) is 0 Å². The van der Waals surface area contributed by atoms with Crippen molar-refractivity contribution in [1.29, 1.82) is 0 Å². The molecule has 0 atom stereocenters. The van der Waals surface area contributed by atoms with E-state index in [0.29, 0.717) is 26.4 Å². The summed E-state index contributed by atoms with van der Waals surface area (Å²) in [5, 5.41) is 3.24. The number of ether oxygens (including phenoxy) is 4. The van der Waals surface area contributed by atoms with Crippen LogP contribution in [0.4, 0.5) is 0 Å². The lowest BCUT2D eigenvalue weighted by Gasteiger charge is -2.06. The molecule has 0 bridgehead atoms. The van der Waals surface area contributed by atoms with E-state index in [-0.39, 0.29) is 12.6 Å². The molecule has 1 N–H and O–H groups in total. The van der Waals surface area contributed by atoms with Crippen LogP contribution in [0.5, 0.6) is 0 Å². The van der Waals surface area contributed by atoms with E-state index in [9.17, 15) is 4.79 Å². The van der Waals surface area contributed by atoms with E-state index in [1.165, 1.54) is 0 Å². The van der Waals surface area contributed by atoms with Gasteiger partial charge in [-0.25, -0.2) is 4.79 Å². The van der Waals surface area contributed by atoms with Gasteiger partial charge in [0.05, 0.1) is 26.4 Å². The van der Waals surface area contributed by atoms with Gasteiger partial charge in [0.15, 0.2) is 0 Å². The smallest absolute Gasteiger partial charge is 0.332 e. The van der Waals surface area contributed by atoms with Gasteiger partial charge in [0, 0.05) is 20.3 Å². The first-order chi connectivity index (χ1) is 9.31. The van der Waals surface area contributed by atoms with Crippen LogP contribution in [-0.4, -0.2) is 65.8 Å². The van der Waals surface area contributed by atoms with Crippen LogP contribution in [0, 0.1) is 0 Å². The van der Waals surface area contributed by atoms with Gasteiger partial charge < -0.3 is 24.3 Å². The van der Waals surface area contributed by atoms with Crippen molar-refractivity contribution in [3.63, 3.8) is 0 Å². The molecule has 0 heterocycles. The highest BCUT2D eigenvalue weighted by Crippen LogP contribution is 1.89. The molecule has 0 aliphatic carbocycles. The van der Waals surface area contributed by atoms with Crippen LogP contribution < -0.4 is 5.32 Å². The number of carbonyl (C=O) groups excluding carboxylic acids is 1. The van der Waals surface area contributed by atoms with Gasteiger partial charge in [-0.05, 0) is 26.3 Å². The number of nitrogens with one attached hydrogen (secondary N) is 1. The van der Waals surface area contributed by atoms with Crippen molar-refractivity contribution in [2.45, 2.75) is 19.8 Å². The van der Waals surface area contributed by atoms with E-state index >= 15 is 0 Å². The minimum atomic E-state index is -0.310. The van der Waals surface area contributed by atoms with E-state index in [0.717, 1.165) is 32.5 Å². The SMILES string of the molecule is CCOC(=O)COCCNCCCCOCCOC. The molecule has 0 aliphatic heterocycles. The van der Waals surface area contributed by atoms with Crippen molar-refractivity contribution >= 4 is 5.97 Å². The lowest BCUT2D eigenvalue weighted by atomic mass is 10.3. The second-order valence-corrected chi connectivity index (χ2v) is 3.92. The first-order valence-electron chi connectivity index (χ1n) is 6.82. The maximum absolute atomic E-state index is 10.9. The van der Waals surface area contributed by atoms with Crippen LogP contribution in [0.25, 0.3) is 0 Å².